The summed E-state index contributed by atoms with van der Waals surface area (Å²) >= 11 is 0. The molecule has 0 saturated heterocycles. The topological polar surface area (TPSA) is 198 Å². The van der Waals surface area contributed by atoms with Gasteiger partial charge in [-0.2, -0.15) is 0 Å². The Bertz CT molecular complexity index is 2580. The zero-order chi connectivity index (χ0) is 57.8. The van der Waals surface area contributed by atoms with Crippen LogP contribution in [0.1, 0.15) is 216 Å². The molecule has 0 unspecified atom stereocenters. The number of carbonyl (C=O) groups is 6. The number of Topliss-reactive ketones (excluding diaryl/α,β-unsaturated/α-hetero) is 4. The molecule has 14 heteroatoms. The van der Waals surface area contributed by atoms with Gasteiger partial charge >= 0.3 is 11.9 Å². The second-order valence-corrected chi connectivity index (χ2v) is 20.3. The second-order valence-electron chi connectivity index (χ2n) is 20.3. The maximum atomic E-state index is 14.5. The minimum absolute atomic E-state index is 0.0276. The molecule has 0 radical (unpaired) electrons. The van der Waals surface area contributed by atoms with Gasteiger partial charge in [0, 0.05) is 85.8 Å². The van der Waals surface area contributed by atoms with Gasteiger partial charge < -0.3 is 38.6 Å². The van der Waals surface area contributed by atoms with Gasteiger partial charge in [0.05, 0.1) is 13.2 Å². The largest absolute Gasteiger partial charge is 0.491 e. The Morgan fingerprint density at radius 1 is 0.375 bits per heavy atom. The van der Waals surface area contributed by atoms with Crippen LogP contribution in [0.4, 0.5) is 0 Å². The molecule has 0 atom stereocenters. The normalized spacial score (nSPS) is 11.8. The molecule has 80 heavy (non-hydrogen) atoms. The first-order valence-corrected chi connectivity index (χ1v) is 28.9. The van der Waals surface area contributed by atoms with Crippen LogP contribution in [0.5, 0.6) is 23.0 Å². The summed E-state index contributed by atoms with van der Waals surface area (Å²) in [6.45, 7) is 13.9. The van der Waals surface area contributed by atoms with E-state index in [2.05, 4.69) is 40.9 Å². The molecule has 2 N–H and O–H groups in total. The van der Waals surface area contributed by atoms with Gasteiger partial charge in [0.2, 0.25) is 0 Å². The SMILES string of the molecule is C=CC(=O)OCCOc1c2cc(C(=O)CCCCC)cc1Cc1cc(C(=O)CCCCC)cc(c1OCCOC(=O)C=C)Cc1cc(C(=O)CCCCC)cc(c1OCCO)Cc1cc(C(=O)CCCCC)cc(c1OCCO)C2. The van der Waals surface area contributed by atoms with Crippen molar-refractivity contribution < 1.29 is 67.4 Å². The van der Waals surface area contributed by atoms with Crippen LogP contribution in [0, 0.1) is 0 Å². The minimum atomic E-state index is -0.640. The average molecular weight is 1100 g/mol. The summed E-state index contributed by atoms with van der Waals surface area (Å²) in [6, 6.07) is 14.4. The Labute approximate surface area is 473 Å². The van der Waals surface area contributed by atoms with Crippen molar-refractivity contribution in [2.24, 2.45) is 0 Å². The molecule has 0 aromatic heterocycles. The van der Waals surface area contributed by atoms with Crippen LogP contribution in [0.3, 0.4) is 0 Å². The summed E-state index contributed by atoms with van der Waals surface area (Å²) in [7, 11) is 0. The number of aliphatic hydroxyl groups is 2. The van der Waals surface area contributed by atoms with Crippen molar-refractivity contribution in [1.82, 2.24) is 0 Å². The molecule has 0 amide bonds. The second kappa shape index (κ2) is 34.3. The third-order valence-electron chi connectivity index (χ3n) is 14.0. The Kier molecular flexibility index (Phi) is 27.4. The summed E-state index contributed by atoms with van der Waals surface area (Å²) in [4.78, 5) is 82.5. The highest BCUT2D eigenvalue weighted by Gasteiger charge is 2.28. The molecule has 1 aliphatic rings. The molecule has 14 nitrogen and oxygen atoms in total. The lowest BCUT2D eigenvalue weighted by molar-refractivity contribution is -0.139. The Morgan fingerprint density at radius 3 is 0.800 bits per heavy atom. The van der Waals surface area contributed by atoms with Gasteiger partial charge in [0.15, 0.2) is 23.1 Å². The van der Waals surface area contributed by atoms with Crippen molar-refractivity contribution in [2.45, 2.75) is 156 Å². The third kappa shape index (κ3) is 19.1. The van der Waals surface area contributed by atoms with Gasteiger partial charge in [0.25, 0.3) is 0 Å². The number of esters is 2. The van der Waals surface area contributed by atoms with Gasteiger partial charge in [-0.3, -0.25) is 19.2 Å². The van der Waals surface area contributed by atoms with E-state index in [1.54, 1.807) is 48.5 Å². The monoisotopic (exact) mass is 1100 g/mol. The van der Waals surface area contributed by atoms with E-state index in [0.29, 0.717) is 115 Å². The van der Waals surface area contributed by atoms with E-state index in [9.17, 15) is 39.0 Å². The van der Waals surface area contributed by atoms with Crippen molar-refractivity contribution in [3.8, 4) is 23.0 Å². The van der Waals surface area contributed by atoms with Crippen LogP contribution in [0.15, 0.2) is 73.8 Å². The standard InChI is InChI=1S/C66H84O14/c1-7-13-17-21-57(69)45-33-49-41-50-34-46(58(70)22-18-14-8-2)36-52(64(50)78-28-26-68)43-54-38-48(60(72)24-20-16-10-4)40-56(66(54)80-32-30-76-62(74)12-6)44-55-39-47(59(71)23-19-15-9-3)37-53(42-51(35-45)63(49)77-27-25-67)65(55)79-31-29-75-61(73)11-5/h11-12,33-40,67-68H,5-10,13-32,41-44H2,1-4H3. The highest BCUT2D eigenvalue weighted by atomic mass is 16.6. The Hall–Kier alpha value is -6.90. The fraction of sp³-hybridized carbons (Fsp3) is 0.485. The predicted octanol–water partition coefficient (Wildman–Crippen LogP) is 12.4. The van der Waals surface area contributed by atoms with Crippen molar-refractivity contribution >= 4 is 35.1 Å². The molecule has 4 aromatic rings. The lowest BCUT2D eigenvalue weighted by atomic mass is 9.86. The maximum Gasteiger partial charge on any atom is 0.330 e. The number of benzene rings is 4. The first-order chi connectivity index (χ1) is 38.8. The van der Waals surface area contributed by atoms with E-state index < -0.39 is 11.9 Å². The Balaban J connectivity index is 1.99. The van der Waals surface area contributed by atoms with E-state index in [1.165, 1.54) is 0 Å². The average Bonchev–Trinajstić information content (AvgIpc) is 3.58. The van der Waals surface area contributed by atoms with Gasteiger partial charge in [-0.25, -0.2) is 9.59 Å². The zero-order valence-corrected chi connectivity index (χ0v) is 47.8. The lowest BCUT2D eigenvalue weighted by Gasteiger charge is -2.24. The number of ketones is 4. The highest BCUT2D eigenvalue weighted by molar-refractivity contribution is 5.99. The summed E-state index contributed by atoms with van der Waals surface area (Å²) in [5, 5.41) is 20.7. The number of rotatable bonds is 36. The number of hydrogen-bond acceptors (Lipinski definition) is 14. The molecular weight excluding hydrogens is 1020 g/mol. The molecule has 0 spiro atoms. The van der Waals surface area contributed by atoms with Crippen molar-refractivity contribution in [2.75, 3.05) is 52.9 Å². The van der Waals surface area contributed by atoms with Crippen LogP contribution in [0.25, 0.3) is 0 Å². The first kappa shape index (κ1) is 63.9. The number of fused-ring (bicyclic) bond motifs is 8. The molecule has 8 bridgehead atoms. The van der Waals surface area contributed by atoms with Crippen LogP contribution in [0.2, 0.25) is 0 Å². The maximum absolute atomic E-state index is 14.5. The molecule has 0 fully saturated rings. The summed E-state index contributed by atoms with van der Waals surface area (Å²) in [6.07, 6.45) is 13.1. The molecule has 0 heterocycles. The summed E-state index contributed by atoms with van der Waals surface area (Å²) in [5.74, 6) is -0.201. The minimum Gasteiger partial charge on any atom is -0.491 e. The van der Waals surface area contributed by atoms with Crippen LogP contribution >= 0.6 is 0 Å². The molecular formula is C66H84O14. The molecule has 4 aromatic carbocycles. The molecule has 0 aliphatic heterocycles. The Morgan fingerprint density at radius 2 is 0.600 bits per heavy atom. The van der Waals surface area contributed by atoms with Crippen LogP contribution in [-0.4, -0.2) is 98.1 Å². The number of unbranched alkanes of at least 4 members (excludes halogenated alkanes) is 8. The third-order valence-corrected chi connectivity index (χ3v) is 14.0. The number of hydrogen-bond donors (Lipinski definition) is 2. The van der Waals surface area contributed by atoms with Gasteiger partial charge in [0.1, 0.15) is 62.6 Å². The van der Waals surface area contributed by atoms with Crippen LogP contribution in [-0.2, 0) is 44.7 Å². The predicted molar refractivity (Wildman–Crippen MR) is 309 cm³/mol. The van der Waals surface area contributed by atoms with Gasteiger partial charge in [-0.1, -0.05) is 92.2 Å². The molecule has 0 saturated carbocycles. The van der Waals surface area contributed by atoms with E-state index in [4.69, 9.17) is 28.4 Å². The lowest BCUT2D eigenvalue weighted by Crippen LogP contribution is -2.16. The molecule has 5 rings (SSSR count). The summed E-state index contributed by atoms with van der Waals surface area (Å²) in [5.41, 5.74) is 6.03. The van der Waals surface area contributed by atoms with E-state index in [1.807, 2.05) is 0 Å². The molecule has 1 aliphatic carbocycles. The van der Waals surface area contributed by atoms with E-state index in [0.717, 1.165) is 63.5 Å². The number of carbonyl (C=O) groups excluding carboxylic acids is 6. The summed E-state index contributed by atoms with van der Waals surface area (Å²) < 4.78 is 37.3. The van der Waals surface area contributed by atoms with Crippen molar-refractivity contribution in [3.05, 3.63) is 141 Å². The van der Waals surface area contributed by atoms with Crippen molar-refractivity contribution in [1.29, 1.82) is 0 Å². The highest BCUT2D eigenvalue weighted by Crippen LogP contribution is 2.42. The van der Waals surface area contributed by atoms with Crippen molar-refractivity contribution in [3.63, 3.8) is 0 Å². The fourth-order valence-electron chi connectivity index (χ4n) is 9.98. The van der Waals surface area contributed by atoms with Crippen LogP contribution < -0.4 is 18.9 Å². The van der Waals surface area contributed by atoms with E-state index in [-0.39, 0.29) is 127 Å². The fourth-order valence-corrected chi connectivity index (χ4v) is 9.98. The quantitative estimate of drug-likeness (QED) is 0.0166. The number of aliphatic hydroxyl groups excluding tert-OH is 2. The number of ether oxygens (including phenoxy) is 6. The molecule has 432 valence electrons. The van der Waals surface area contributed by atoms with Gasteiger partial charge in [-0.15, -0.1) is 0 Å². The smallest absolute Gasteiger partial charge is 0.330 e. The first-order valence-electron chi connectivity index (χ1n) is 28.9. The van der Waals surface area contributed by atoms with Gasteiger partial charge in [-0.05, 0) is 119 Å². The zero-order valence-electron chi connectivity index (χ0n) is 47.8. The van der Waals surface area contributed by atoms with E-state index >= 15 is 0 Å².